The maximum atomic E-state index is 4.28. The first kappa shape index (κ1) is 9.72. The average molecular weight is 222 g/mol. The molecule has 17 heavy (non-hydrogen) atoms. The lowest BCUT2D eigenvalue weighted by atomic mass is 10.1. The van der Waals surface area contributed by atoms with E-state index in [1.807, 2.05) is 30.6 Å². The third-order valence-corrected chi connectivity index (χ3v) is 2.47. The van der Waals surface area contributed by atoms with Gasteiger partial charge in [-0.15, -0.1) is 0 Å². The van der Waals surface area contributed by atoms with Crippen LogP contribution in [0.15, 0.2) is 61.3 Å². The first-order valence-corrected chi connectivity index (χ1v) is 5.30. The topological polar surface area (TPSA) is 43.6 Å². The molecule has 0 unspecified atom stereocenters. The second-order valence-corrected chi connectivity index (χ2v) is 3.60. The molecule has 3 aromatic rings. The largest absolute Gasteiger partial charge is 0.259 e. The fourth-order valence-corrected chi connectivity index (χ4v) is 1.64. The number of hydrogen-bond donors (Lipinski definition) is 0. The Kier molecular flexibility index (Phi) is 2.38. The van der Waals surface area contributed by atoms with Crippen molar-refractivity contribution in [1.29, 1.82) is 0 Å². The Morgan fingerprint density at radius 2 is 1.76 bits per heavy atom. The van der Waals surface area contributed by atoms with E-state index in [0.29, 0.717) is 0 Å². The van der Waals surface area contributed by atoms with Crippen molar-refractivity contribution in [2.45, 2.75) is 0 Å². The third kappa shape index (κ3) is 1.92. The minimum Gasteiger partial charge on any atom is -0.259 e. The predicted octanol–water partition coefficient (Wildman–Crippen LogP) is 2.33. The van der Waals surface area contributed by atoms with E-state index in [1.54, 1.807) is 23.3 Å². The van der Waals surface area contributed by atoms with Crippen molar-refractivity contribution in [3.8, 4) is 16.9 Å². The van der Waals surface area contributed by atoms with Crippen LogP contribution in [0.1, 0.15) is 0 Å². The van der Waals surface area contributed by atoms with E-state index in [-0.39, 0.29) is 0 Å². The lowest BCUT2D eigenvalue weighted by Crippen LogP contribution is -1.97. The molecule has 0 aliphatic rings. The zero-order chi connectivity index (χ0) is 11.5. The van der Waals surface area contributed by atoms with Gasteiger partial charge in [-0.2, -0.15) is 5.10 Å². The van der Waals surface area contributed by atoms with E-state index >= 15 is 0 Å². The lowest BCUT2D eigenvalue weighted by Gasteiger charge is -1.97. The van der Waals surface area contributed by atoms with Crippen molar-refractivity contribution in [2.75, 3.05) is 0 Å². The average Bonchev–Trinajstić information content (AvgIpc) is 2.90. The van der Waals surface area contributed by atoms with Crippen LogP contribution in [-0.2, 0) is 0 Å². The van der Waals surface area contributed by atoms with Crippen LogP contribution in [0, 0.1) is 0 Å². The summed E-state index contributed by atoms with van der Waals surface area (Å²) < 4.78 is 1.72. The maximum Gasteiger partial charge on any atom is 0.171 e. The van der Waals surface area contributed by atoms with Gasteiger partial charge in [0.15, 0.2) is 5.82 Å². The zero-order valence-electron chi connectivity index (χ0n) is 9.06. The van der Waals surface area contributed by atoms with Crippen LogP contribution in [0.5, 0.6) is 0 Å². The van der Waals surface area contributed by atoms with Crippen molar-refractivity contribution in [3.05, 3.63) is 61.3 Å². The van der Waals surface area contributed by atoms with Crippen molar-refractivity contribution in [3.63, 3.8) is 0 Å². The normalized spacial score (nSPS) is 10.4. The van der Waals surface area contributed by atoms with Gasteiger partial charge in [0, 0.05) is 24.2 Å². The van der Waals surface area contributed by atoms with Gasteiger partial charge < -0.3 is 0 Å². The van der Waals surface area contributed by atoms with Gasteiger partial charge in [0.2, 0.25) is 0 Å². The minimum absolute atomic E-state index is 0.717. The standard InChI is InChI=1S/C13H10N4/c1-2-4-11(5-3-1)12-8-16-17(10-12)13-9-14-6-7-15-13/h1-10H. The Hall–Kier alpha value is -2.49. The molecule has 0 spiro atoms. The fraction of sp³-hybridized carbons (Fsp3) is 0. The predicted molar refractivity (Wildman–Crippen MR) is 64.6 cm³/mol. The second kappa shape index (κ2) is 4.17. The summed E-state index contributed by atoms with van der Waals surface area (Å²) in [7, 11) is 0. The Labute approximate surface area is 98.6 Å². The molecule has 0 bridgehead atoms. The molecule has 3 rings (SSSR count). The van der Waals surface area contributed by atoms with Gasteiger partial charge >= 0.3 is 0 Å². The van der Waals surface area contributed by atoms with E-state index in [2.05, 4.69) is 27.2 Å². The SMILES string of the molecule is c1ccc(-c2cnn(-c3cnccn3)c2)cc1. The third-order valence-electron chi connectivity index (χ3n) is 2.47. The maximum absolute atomic E-state index is 4.28. The summed E-state index contributed by atoms with van der Waals surface area (Å²) in [5, 5.41) is 4.28. The zero-order valence-corrected chi connectivity index (χ0v) is 9.06. The molecule has 0 aliphatic carbocycles. The quantitative estimate of drug-likeness (QED) is 0.668. The molecule has 0 saturated heterocycles. The molecule has 2 aromatic heterocycles. The smallest absolute Gasteiger partial charge is 0.171 e. The van der Waals surface area contributed by atoms with E-state index in [4.69, 9.17) is 0 Å². The van der Waals surface area contributed by atoms with Crippen LogP contribution < -0.4 is 0 Å². The number of benzene rings is 1. The van der Waals surface area contributed by atoms with Crippen LogP contribution >= 0.6 is 0 Å². The highest BCUT2D eigenvalue weighted by molar-refractivity contribution is 5.61. The molecule has 0 amide bonds. The van der Waals surface area contributed by atoms with E-state index in [9.17, 15) is 0 Å². The highest BCUT2D eigenvalue weighted by Gasteiger charge is 2.03. The summed E-state index contributed by atoms with van der Waals surface area (Å²) in [6.07, 6.45) is 8.75. The Balaban J connectivity index is 1.99. The molecule has 82 valence electrons. The Morgan fingerprint density at radius 1 is 0.882 bits per heavy atom. The molecule has 4 nitrogen and oxygen atoms in total. The summed E-state index contributed by atoms with van der Waals surface area (Å²) in [6.45, 7) is 0. The number of aromatic nitrogens is 4. The van der Waals surface area contributed by atoms with Gasteiger partial charge in [-0.25, -0.2) is 9.67 Å². The molecule has 0 aliphatic heterocycles. The van der Waals surface area contributed by atoms with Gasteiger partial charge in [-0.3, -0.25) is 4.98 Å². The molecule has 1 aromatic carbocycles. The summed E-state index contributed by atoms with van der Waals surface area (Å²) in [4.78, 5) is 8.21. The molecule has 0 radical (unpaired) electrons. The minimum atomic E-state index is 0.717. The van der Waals surface area contributed by atoms with Crippen molar-refractivity contribution < 1.29 is 0 Å². The van der Waals surface area contributed by atoms with Crippen LogP contribution in [0.4, 0.5) is 0 Å². The molecular weight excluding hydrogens is 212 g/mol. The Bertz CT molecular complexity index is 548. The van der Waals surface area contributed by atoms with Crippen LogP contribution in [0.2, 0.25) is 0 Å². The van der Waals surface area contributed by atoms with Gasteiger partial charge in [0.1, 0.15) is 0 Å². The second-order valence-electron chi connectivity index (χ2n) is 3.60. The monoisotopic (exact) mass is 222 g/mol. The molecular formula is C13H10N4. The van der Waals surface area contributed by atoms with Gasteiger partial charge in [0.05, 0.1) is 12.4 Å². The highest BCUT2D eigenvalue weighted by Crippen LogP contribution is 2.18. The summed E-state index contributed by atoms with van der Waals surface area (Å²) >= 11 is 0. The van der Waals surface area contributed by atoms with Crippen molar-refractivity contribution in [2.24, 2.45) is 0 Å². The van der Waals surface area contributed by atoms with Crippen molar-refractivity contribution >= 4 is 0 Å². The fourth-order valence-electron chi connectivity index (χ4n) is 1.64. The summed E-state index contributed by atoms with van der Waals surface area (Å²) in [5.41, 5.74) is 2.21. The highest BCUT2D eigenvalue weighted by atomic mass is 15.3. The van der Waals surface area contributed by atoms with Crippen LogP contribution in [-0.4, -0.2) is 19.7 Å². The molecule has 2 heterocycles. The first-order chi connectivity index (χ1) is 8.43. The summed E-state index contributed by atoms with van der Waals surface area (Å²) in [6, 6.07) is 10.1. The van der Waals surface area contributed by atoms with Crippen molar-refractivity contribution in [1.82, 2.24) is 19.7 Å². The van der Waals surface area contributed by atoms with Gasteiger partial charge in [-0.05, 0) is 5.56 Å². The van der Waals surface area contributed by atoms with Crippen LogP contribution in [0.3, 0.4) is 0 Å². The summed E-state index contributed by atoms with van der Waals surface area (Å²) in [5.74, 6) is 0.717. The molecule has 0 fully saturated rings. The van der Waals surface area contributed by atoms with E-state index in [0.717, 1.165) is 16.9 Å². The van der Waals surface area contributed by atoms with Crippen LogP contribution in [0.25, 0.3) is 16.9 Å². The Morgan fingerprint density at radius 3 is 2.53 bits per heavy atom. The van der Waals surface area contributed by atoms with Gasteiger partial charge in [-0.1, -0.05) is 30.3 Å². The molecule has 0 saturated carbocycles. The molecule has 0 atom stereocenters. The van der Waals surface area contributed by atoms with Gasteiger partial charge in [0.25, 0.3) is 0 Å². The number of hydrogen-bond acceptors (Lipinski definition) is 3. The number of nitrogens with zero attached hydrogens (tertiary/aromatic N) is 4. The first-order valence-electron chi connectivity index (χ1n) is 5.30. The van der Waals surface area contributed by atoms with E-state index < -0.39 is 0 Å². The van der Waals surface area contributed by atoms with E-state index in [1.165, 1.54) is 0 Å². The molecule has 4 heteroatoms. The molecule has 0 N–H and O–H groups in total. The number of rotatable bonds is 2. The lowest BCUT2D eigenvalue weighted by molar-refractivity contribution is 0.838.